The van der Waals surface area contributed by atoms with Gasteiger partial charge in [-0.2, -0.15) is 0 Å². The van der Waals surface area contributed by atoms with E-state index in [9.17, 15) is 4.79 Å². The van der Waals surface area contributed by atoms with Crippen molar-refractivity contribution in [3.8, 4) is 5.75 Å². The monoisotopic (exact) mass is 328 g/mol. The van der Waals surface area contributed by atoms with Crippen molar-refractivity contribution in [3.05, 3.63) is 54.1 Å². The highest BCUT2D eigenvalue weighted by atomic mass is 16.5. The Morgan fingerprint density at radius 1 is 0.917 bits per heavy atom. The third kappa shape index (κ3) is 4.49. The summed E-state index contributed by atoms with van der Waals surface area (Å²) in [7, 11) is 7.15. The molecule has 0 saturated carbocycles. The van der Waals surface area contributed by atoms with Crippen molar-refractivity contribution >= 4 is 17.3 Å². The van der Waals surface area contributed by atoms with E-state index in [4.69, 9.17) is 9.47 Å². The fourth-order valence-electron chi connectivity index (χ4n) is 2.37. The molecule has 0 aliphatic carbocycles. The number of methoxy groups -OCH3 is 2. The molecular weight excluding hydrogens is 304 g/mol. The van der Waals surface area contributed by atoms with E-state index in [1.54, 1.807) is 12.0 Å². The first-order valence-corrected chi connectivity index (χ1v) is 7.74. The van der Waals surface area contributed by atoms with E-state index >= 15 is 0 Å². The molecule has 0 spiro atoms. The first kappa shape index (κ1) is 17.8. The summed E-state index contributed by atoms with van der Waals surface area (Å²) in [6.45, 7) is 0.532. The maximum Gasteiger partial charge on any atom is 0.253 e. The zero-order chi connectivity index (χ0) is 17.5. The van der Waals surface area contributed by atoms with E-state index in [0.29, 0.717) is 6.54 Å². The van der Waals surface area contributed by atoms with Crippen LogP contribution >= 0.6 is 0 Å². The van der Waals surface area contributed by atoms with E-state index < -0.39 is 0 Å². The smallest absolute Gasteiger partial charge is 0.253 e. The van der Waals surface area contributed by atoms with E-state index in [1.807, 2.05) is 67.5 Å². The van der Waals surface area contributed by atoms with E-state index in [2.05, 4.69) is 0 Å². The SMILES string of the molecule is COCC(=O)N(Cc1ccc(N(C)C)cc1)c1ccc(OC)cc1. The van der Waals surface area contributed by atoms with E-state index in [1.165, 1.54) is 7.11 Å². The van der Waals surface area contributed by atoms with Crippen molar-refractivity contribution < 1.29 is 14.3 Å². The molecule has 5 heteroatoms. The molecule has 0 aliphatic heterocycles. The van der Waals surface area contributed by atoms with Gasteiger partial charge in [0.1, 0.15) is 12.4 Å². The maximum absolute atomic E-state index is 12.4. The largest absolute Gasteiger partial charge is 0.497 e. The molecule has 0 saturated heterocycles. The fourth-order valence-corrected chi connectivity index (χ4v) is 2.37. The lowest BCUT2D eigenvalue weighted by molar-refractivity contribution is -0.122. The third-order valence-electron chi connectivity index (χ3n) is 3.75. The topological polar surface area (TPSA) is 42.0 Å². The Morgan fingerprint density at radius 3 is 2.00 bits per heavy atom. The van der Waals surface area contributed by atoms with Crippen molar-refractivity contribution in [1.29, 1.82) is 0 Å². The summed E-state index contributed by atoms with van der Waals surface area (Å²) in [5.74, 6) is 0.674. The van der Waals surface area contributed by atoms with Crippen LogP contribution in [0.15, 0.2) is 48.5 Å². The number of carbonyl (C=O) groups is 1. The van der Waals surface area contributed by atoms with Crippen molar-refractivity contribution in [3.63, 3.8) is 0 Å². The lowest BCUT2D eigenvalue weighted by Crippen LogP contribution is -2.33. The summed E-state index contributed by atoms with van der Waals surface area (Å²) < 4.78 is 10.2. The second kappa shape index (κ2) is 8.36. The minimum Gasteiger partial charge on any atom is -0.497 e. The van der Waals surface area contributed by atoms with Gasteiger partial charge in [0, 0.05) is 32.6 Å². The Kier molecular flexibility index (Phi) is 6.21. The summed E-state index contributed by atoms with van der Waals surface area (Å²) >= 11 is 0. The van der Waals surface area contributed by atoms with Gasteiger partial charge in [-0.15, -0.1) is 0 Å². The standard InChI is InChI=1S/C19H24N2O3/c1-20(2)16-7-5-15(6-8-16)13-21(19(22)14-23-3)17-9-11-18(24-4)12-10-17/h5-12H,13-14H2,1-4H3. The van der Waals surface area contributed by atoms with Crippen LogP contribution in [0.2, 0.25) is 0 Å². The first-order chi connectivity index (χ1) is 11.5. The molecule has 0 heterocycles. The number of rotatable bonds is 7. The fraction of sp³-hybridized carbons (Fsp3) is 0.316. The molecule has 2 rings (SSSR count). The summed E-state index contributed by atoms with van der Waals surface area (Å²) in [4.78, 5) is 16.2. The van der Waals surface area contributed by atoms with Crippen LogP contribution in [0.1, 0.15) is 5.56 Å². The lowest BCUT2D eigenvalue weighted by Gasteiger charge is -2.23. The van der Waals surface area contributed by atoms with Crippen LogP contribution in [-0.4, -0.2) is 40.8 Å². The average Bonchev–Trinajstić information content (AvgIpc) is 2.60. The van der Waals surface area contributed by atoms with Crippen LogP contribution in [0.5, 0.6) is 5.75 Å². The van der Waals surface area contributed by atoms with Crippen LogP contribution < -0.4 is 14.5 Å². The molecule has 1 amide bonds. The van der Waals surface area contributed by atoms with Gasteiger partial charge in [-0.25, -0.2) is 0 Å². The summed E-state index contributed by atoms with van der Waals surface area (Å²) in [5.41, 5.74) is 2.99. The Hall–Kier alpha value is -2.53. The number of hydrogen-bond donors (Lipinski definition) is 0. The number of benzene rings is 2. The quantitative estimate of drug-likeness (QED) is 0.784. The first-order valence-electron chi connectivity index (χ1n) is 7.74. The Bertz CT molecular complexity index is 651. The molecule has 0 aromatic heterocycles. The van der Waals surface area contributed by atoms with E-state index in [0.717, 1.165) is 22.7 Å². The van der Waals surface area contributed by atoms with Crippen LogP contribution in [0.3, 0.4) is 0 Å². The summed E-state index contributed by atoms with van der Waals surface area (Å²) in [6.07, 6.45) is 0. The minimum absolute atomic E-state index is 0.0435. The van der Waals surface area contributed by atoms with Gasteiger partial charge in [-0.1, -0.05) is 12.1 Å². The normalized spacial score (nSPS) is 10.3. The van der Waals surface area contributed by atoms with E-state index in [-0.39, 0.29) is 12.5 Å². The van der Waals surface area contributed by atoms with Crippen molar-refractivity contribution in [2.24, 2.45) is 0 Å². The molecule has 0 aliphatic rings. The molecule has 2 aromatic rings. The second-order valence-corrected chi connectivity index (χ2v) is 5.67. The number of amides is 1. The Morgan fingerprint density at radius 2 is 1.50 bits per heavy atom. The molecule has 0 atom stereocenters. The second-order valence-electron chi connectivity index (χ2n) is 5.67. The summed E-state index contributed by atoms with van der Waals surface area (Å²) in [6, 6.07) is 15.6. The highest BCUT2D eigenvalue weighted by Gasteiger charge is 2.16. The van der Waals surface area contributed by atoms with Crippen molar-refractivity contribution in [2.75, 3.05) is 44.7 Å². The Labute approximate surface area is 143 Å². The van der Waals surface area contributed by atoms with Gasteiger partial charge in [0.15, 0.2) is 0 Å². The van der Waals surface area contributed by atoms with Gasteiger partial charge in [-0.05, 0) is 42.0 Å². The zero-order valence-electron chi connectivity index (χ0n) is 14.7. The van der Waals surface area contributed by atoms with Gasteiger partial charge in [-0.3, -0.25) is 4.79 Å². The summed E-state index contributed by atoms with van der Waals surface area (Å²) in [5, 5.41) is 0. The molecule has 5 nitrogen and oxygen atoms in total. The number of ether oxygens (including phenoxy) is 2. The predicted octanol–water partition coefficient (Wildman–Crippen LogP) is 2.94. The van der Waals surface area contributed by atoms with Crippen molar-refractivity contribution in [2.45, 2.75) is 6.54 Å². The maximum atomic E-state index is 12.4. The predicted molar refractivity (Wildman–Crippen MR) is 96.8 cm³/mol. The van der Waals surface area contributed by atoms with Crippen LogP contribution in [0.25, 0.3) is 0 Å². The number of carbonyl (C=O) groups excluding carboxylic acids is 1. The molecule has 0 fully saturated rings. The molecule has 0 unspecified atom stereocenters. The lowest BCUT2D eigenvalue weighted by atomic mass is 10.1. The average molecular weight is 328 g/mol. The zero-order valence-corrected chi connectivity index (χ0v) is 14.7. The molecule has 24 heavy (non-hydrogen) atoms. The van der Waals surface area contributed by atoms with Crippen LogP contribution in [-0.2, 0) is 16.1 Å². The number of hydrogen-bond acceptors (Lipinski definition) is 4. The van der Waals surface area contributed by atoms with Gasteiger partial charge in [0.2, 0.25) is 0 Å². The van der Waals surface area contributed by atoms with Crippen molar-refractivity contribution in [1.82, 2.24) is 0 Å². The molecule has 0 radical (unpaired) electrons. The molecule has 0 bridgehead atoms. The minimum atomic E-state index is -0.0839. The molecular formula is C19H24N2O3. The number of nitrogens with zero attached hydrogens (tertiary/aromatic N) is 2. The Balaban J connectivity index is 2.23. The van der Waals surface area contributed by atoms with Gasteiger partial charge in [0.05, 0.1) is 13.7 Å². The van der Waals surface area contributed by atoms with Gasteiger partial charge < -0.3 is 19.3 Å². The number of anilines is 2. The highest BCUT2D eigenvalue weighted by molar-refractivity contribution is 5.94. The van der Waals surface area contributed by atoms with Gasteiger partial charge >= 0.3 is 0 Å². The van der Waals surface area contributed by atoms with Crippen LogP contribution in [0.4, 0.5) is 11.4 Å². The third-order valence-corrected chi connectivity index (χ3v) is 3.75. The highest BCUT2D eigenvalue weighted by Crippen LogP contribution is 2.22. The molecule has 128 valence electrons. The molecule has 2 aromatic carbocycles. The van der Waals surface area contributed by atoms with Crippen LogP contribution in [0, 0.1) is 0 Å². The van der Waals surface area contributed by atoms with Gasteiger partial charge in [0.25, 0.3) is 5.91 Å². The molecule has 0 N–H and O–H groups in total.